The fraction of sp³-hybridized carbons (Fsp3) is 0.579. The van der Waals surface area contributed by atoms with Gasteiger partial charge in [0.25, 0.3) is 5.91 Å². The fourth-order valence-corrected chi connectivity index (χ4v) is 11.8. The van der Waals surface area contributed by atoms with E-state index in [2.05, 4.69) is 134 Å². The number of Topliss-reactive ketones (excluding diaryl/α,β-unsaturated/α-hetero) is 1. The zero-order valence-corrected chi connectivity index (χ0v) is 56.6. The summed E-state index contributed by atoms with van der Waals surface area (Å²) in [5, 5.41) is 9.02. The lowest BCUT2D eigenvalue weighted by Crippen LogP contribution is -2.33. The van der Waals surface area contributed by atoms with E-state index in [0.29, 0.717) is 155 Å². The topological polar surface area (TPSA) is 169 Å². The average Bonchev–Trinajstić information content (AvgIpc) is 0.842. The molecule has 0 spiro atoms. The molecular weight excluding hydrogens is 1130 g/mol. The van der Waals surface area contributed by atoms with Crippen molar-refractivity contribution in [1.82, 2.24) is 16.0 Å². The average molecular weight is 1240 g/mol. The first-order valence-corrected chi connectivity index (χ1v) is 33.4. The maximum Gasteiger partial charge on any atom is 0.251 e. The molecule has 0 saturated heterocycles. The molecule has 14 nitrogen and oxygen atoms in total. The molecule has 3 N–H and O–H groups in total. The van der Waals surface area contributed by atoms with Crippen LogP contribution in [0.15, 0.2) is 84.9 Å². The highest BCUT2D eigenvalue weighted by molar-refractivity contribution is 5.99. The standard InChI is InChI=1S/C76H109N3O11/c1-12-84-41-42-88-49-50-90-48-45-87-40-30-70(81)77-36-15-38-85-43-46-89-47-44-86-39-16-37-79-72(83)64(55-69(80)60-22-18-58(19-23-60)51-56(2)62-26-28-65-67(53-62)75(8,9)33-31-73(65,4)5)17-13-14-35-78-71(82)61-24-20-59(21-25-61)52-57(3)63-27-29-66-68(54-63)76(10,11)34-32-74(66,6)7/h18-29,51-54,64H,12-17,30-50,55H2,1-11H3,(H,77,81)(H,78,82)(H,79,83)/b56-51+,57-52+/t64-/m0/s1. The predicted molar refractivity (Wildman–Crippen MR) is 363 cm³/mol. The Labute approximate surface area is 539 Å². The lowest BCUT2D eigenvalue weighted by molar-refractivity contribution is -0.125. The summed E-state index contributed by atoms with van der Waals surface area (Å²) in [6.45, 7) is 33.1. The van der Waals surface area contributed by atoms with Crippen LogP contribution in [-0.2, 0) is 64.4 Å². The molecule has 6 rings (SSSR count). The van der Waals surface area contributed by atoms with Crippen molar-refractivity contribution in [1.29, 1.82) is 0 Å². The van der Waals surface area contributed by atoms with Gasteiger partial charge in [-0.05, 0) is 162 Å². The van der Waals surface area contributed by atoms with Gasteiger partial charge in [-0.3, -0.25) is 19.2 Å². The molecule has 0 radical (unpaired) electrons. The molecule has 2 aliphatic carbocycles. The largest absolute Gasteiger partial charge is 0.379 e. The number of fused-ring (bicyclic) bond motifs is 2. The second-order valence-corrected chi connectivity index (χ2v) is 27.0. The number of nitrogens with one attached hydrogen (secondary N) is 3. The number of hydrogen-bond donors (Lipinski definition) is 3. The lowest BCUT2D eigenvalue weighted by Gasteiger charge is -2.42. The molecule has 0 fully saturated rings. The third kappa shape index (κ3) is 24.0. The molecule has 494 valence electrons. The molecular formula is C76H109N3O11. The third-order valence-electron chi connectivity index (χ3n) is 17.9. The van der Waals surface area contributed by atoms with Gasteiger partial charge in [-0.2, -0.15) is 0 Å². The number of carbonyl (C=O) groups is 4. The Morgan fingerprint density at radius 1 is 0.433 bits per heavy atom. The summed E-state index contributed by atoms with van der Waals surface area (Å²) in [5.41, 5.74) is 14.3. The Hall–Kier alpha value is -5.84. The van der Waals surface area contributed by atoms with E-state index in [-0.39, 0.29) is 58.0 Å². The van der Waals surface area contributed by atoms with Crippen LogP contribution in [0.3, 0.4) is 0 Å². The van der Waals surface area contributed by atoms with Crippen molar-refractivity contribution in [2.75, 3.05) is 112 Å². The van der Waals surface area contributed by atoms with E-state index in [1.54, 1.807) is 0 Å². The number of ketones is 1. The van der Waals surface area contributed by atoms with Crippen LogP contribution in [0.1, 0.15) is 212 Å². The zero-order valence-electron chi connectivity index (χ0n) is 56.6. The third-order valence-corrected chi connectivity index (χ3v) is 17.9. The van der Waals surface area contributed by atoms with Gasteiger partial charge in [0.1, 0.15) is 0 Å². The van der Waals surface area contributed by atoms with Crippen molar-refractivity contribution in [2.24, 2.45) is 5.92 Å². The maximum atomic E-state index is 13.9. The molecule has 4 aromatic carbocycles. The summed E-state index contributed by atoms with van der Waals surface area (Å²) in [6.07, 6.45) is 12.5. The highest BCUT2D eigenvalue weighted by Crippen LogP contribution is 2.48. The molecule has 0 unspecified atom stereocenters. The van der Waals surface area contributed by atoms with Gasteiger partial charge in [0, 0.05) is 69.3 Å². The first kappa shape index (κ1) is 73.2. The number of allylic oxidation sites excluding steroid dienone is 2. The number of ether oxygens (including phenoxy) is 7. The molecule has 0 aromatic heterocycles. The van der Waals surface area contributed by atoms with Gasteiger partial charge in [0.15, 0.2) is 5.78 Å². The predicted octanol–water partition coefficient (Wildman–Crippen LogP) is 13.8. The quantitative estimate of drug-likeness (QED) is 0.0220. The van der Waals surface area contributed by atoms with E-state index < -0.39 is 5.92 Å². The molecule has 0 saturated carbocycles. The summed E-state index contributed by atoms with van der Waals surface area (Å²) in [5.74, 6) is -0.996. The van der Waals surface area contributed by atoms with E-state index in [9.17, 15) is 19.2 Å². The normalized spacial score (nSPS) is 16.0. The number of unbranched alkanes of at least 4 members (excludes halogenated alkanes) is 1. The van der Waals surface area contributed by atoms with Crippen molar-refractivity contribution in [3.8, 4) is 0 Å². The van der Waals surface area contributed by atoms with Crippen LogP contribution in [0.5, 0.6) is 0 Å². The van der Waals surface area contributed by atoms with Crippen molar-refractivity contribution in [2.45, 2.75) is 168 Å². The molecule has 0 bridgehead atoms. The first-order valence-electron chi connectivity index (χ1n) is 33.4. The van der Waals surface area contributed by atoms with Crippen LogP contribution in [0.4, 0.5) is 0 Å². The summed E-state index contributed by atoms with van der Waals surface area (Å²) in [7, 11) is 0. The van der Waals surface area contributed by atoms with Gasteiger partial charge in [-0.1, -0.05) is 147 Å². The molecule has 2 aliphatic rings. The summed E-state index contributed by atoms with van der Waals surface area (Å²) in [4.78, 5) is 53.2. The molecule has 0 heterocycles. The van der Waals surface area contributed by atoms with Crippen LogP contribution >= 0.6 is 0 Å². The van der Waals surface area contributed by atoms with E-state index in [1.165, 1.54) is 58.2 Å². The molecule has 4 aromatic rings. The van der Waals surface area contributed by atoms with Crippen LogP contribution in [0.25, 0.3) is 23.3 Å². The fourth-order valence-electron chi connectivity index (χ4n) is 11.8. The molecule has 90 heavy (non-hydrogen) atoms. The molecule has 3 amide bonds. The van der Waals surface area contributed by atoms with Crippen LogP contribution < -0.4 is 16.0 Å². The monoisotopic (exact) mass is 1240 g/mol. The molecule has 0 aliphatic heterocycles. The Morgan fingerprint density at radius 3 is 1.29 bits per heavy atom. The smallest absolute Gasteiger partial charge is 0.251 e. The van der Waals surface area contributed by atoms with E-state index in [4.69, 9.17) is 33.2 Å². The van der Waals surface area contributed by atoms with Gasteiger partial charge >= 0.3 is 0 Å². The molecule has 14 heteroatoms. The summed E-state index contributed by atoms with van der Waals surface area (Å²) >= 11 is 0. The minimum Gasteiger partial charge on any atom is -0.379 e. The second-order valence-electron chi connectivity index (χ2n) is 27.0. The first-order chi connectivity index (χ1) is 43.1. The number of benzene rings is 4. The summed E-state index contributed by atoms with van der Waals surface area (Å²) < 4.78 is 38.6. The second kappa shape index (κ2) is 37.0. The highest BCUT2D eigenvalue weighted by Gasteiger charge is 2.38. The lowest BCUT2D eigenvalue weighted by atomic mass is 9.63. The number of amides is 3. The number of rotatable bonds is 41. The highest BCUT2D eigenvalue weighted by atomic mass is 16.6. The van der Waals surface area contributed by atoms with Crippen molar-refractivity contribution < 1.29 is 52.3 Å². The Bertz CT molecular complexity index is 2940. The summed E-state index contributed by atoms with van der Waals surface area (Å²) in [6, 6.07) is 29.3. The van der Waals surface area contributed by atoms with Gasteiger partial charge in [-0.15, -0.1) is 0 Å². The van der Waals surface area contributed by atoms with Crippen LogP contribution in [0, 0.1) is 5.92 Å². The van der Waals surface area contributed by atoms with Crippen molar-refractivity contribution in [3.63, 3.8) is 0 Å². The van der Waals surface area contributed by atoms with Crippen LogP contribution in [0.2, 0.25) is 0 Å². The Morgan fingerprint density at radius 2 is 0.822 bits per heavy atom. The minimum absolute atomic E-state index is 0.0647. The van der Waals surface area contributed by atoms with Gasteiger partial charge in [0.05, 0.1) is 72.7 Å². The maximum absolute atomic E-state index is 13.9. The van der Waals surface area contributed by atoms with Gasteiger partial charge < -0.3 is 49.1 Å². The number of carbonyl (C=O) groups excluding carboxylic acids is 4. The Balaban J connectivity index is 0.901. The zero-order chi connectivity index (χ0) is 65.0. The van der Waals surface area contributed by atoms with Gasteiger partial charge in [-0.25, -0.2) is 0 Å². The minimum atomic E-state index is -0.540. The Kier molecular flexibility index (Phi) is 30.1. The van der Waals surface area contributed by atoms with E-state index in [1.807, 2.05) is 55.5 Å². The van der Waals surface area contributed by atoms with Crippen LogP contribution in [-0.4, -0.2) is 136 Å². The molecule has 1 atom stereocenters. The van der Waals surface area contributed by atoms with E-state index >= 15 is 0 Å². The van der Waals surface area contributed by atoms with Gasteiger partial charge in [0.2, 0.25) is 11.8 Å². The SMILES string of the molecule is CCOCCOCCOCCOCCC(=O)NCCCOCCOCCOCCCNC(=O)[C@@H](CCCCNC(=O)c1ccc(/C=C(\C)c2ccc3c(c2)C(C)(C)CCC3(C)C)cc1)CC(=O)c1ccc(/C=C(\C)c2ccc3c(c2)C(C)(C)CCC3(C)C)cc1. The number of hydrogen-bond acceptors (Lipinski definition) is 11. The van der Waals surface area contributed by atoms with Crippen molar-refractivity contribution in [3.05, 3.63) is 141 Å². The van der Waals surface area contributed by atoms with E-state index in [0.717, 1.165) is 23.1 Å². The van der Waals surface area contributed by atoms with Crippen molar-refractivity contribution >= 4 is 46.8 Å².